The summed E-state index contributed by atoms with van der Waals surface area (Å²) in [6.45, 7) is 11.2. The summed E-state index contributed by atoms with van der Waals surface area (Å²) < 4.78 is 11.9. The molecule has 1 spiro atoms. The van der Waals surface area contributed by atoms with Crippen molar-refractivity contribution in [1.82, 2.24) is 10.2 Å². The maximum Gasteiger partial charge on any atom is 0.312 e. The number of carbonyl (C=O) groups excluding carboxylic acids is 3. The maximum atomic E-state index is 13.7. The Morgan fingerprint density at radius 2 is 1.97 bits per heavy atom. The highest BCUT2D eigenvalue weighted by Crippen LogP contribution is 2.64. The maximum absolute atomic E-state index is 13.7. The second-order valence-electron chi connectivity index (χ2n) is 9.81. The summed E-state index contributed by atoms with van der Waals surface area (Å²) in [5.74, 6) is -2.55. The lowest BCUT2D eigenvalue weighted by atomic mass is 9.65. The fourth-order valence-corrected chi connectivity index (χ4v) is 5.79. The number of aliphatic hydroxyl groups excluding tert-OH is 1. The Balaban J connectivity index is 2.12. The van der Waals surface area contributed by atoms with E-state index >= 15 is 0 Å². The molecule has 3 aliphatic heterocycles. The van der Waals surface area contributed by atoms with Crippen molar-refractivity contribution in [3.63, 3.8) is 0 Å². The number of fused-ring (bicyclic) bond motifs is 1. The van der Waals surface area contributed by atoms with Crippen LogP contribution < -0.4 is 5.32 Å². The summed E-state index contributed by atoms with van der Waals surface area (Å²) in [5, 5.41) is 13.0. The van der Waals surface area contributed by atoms with Gasteiger partial charge >= 0.3 is 5.97 Å². The molecule has 2 N–H and O–H groups in total. The predicted molar refractivity (Wildman–Crippen MR) is 109 cm³/mol. The molecule has 8 heteroatoms. The number of hydrogen-bond acceptors (Lipinski definition) is 6. The van der Waals surface area contributed by atoms with Crippen molar-refractivity contribution in [2.75, 3.05) is 13.2 Å². The van der Waals surface area contributed by atoms with E-state index in [9.17, 15) is 19.5 Å². The van der Waals surface area contributed by atoms with Gasteiger partial charge in [-0.2, -0.15) is 0 Å². The van der Waals surface area contributed by atoms with Gasteiger partial charge in [-0.1, -0.05) is 13.8 Å². The Hall–Kier alpha value is -1.67. The number of aliphatic hydroxyl groups is 1. The lowest BCUT2D eigenvalue weighted by molar-refractivity contribution is -0.162. The molecule has 3 fully saturated rings. The Bertz CT molecular complexity index is 715. The summed E-state index contributed by atoms with van der Waals surface area (Å²) in [6, 6.07) is -1.41. The van der Waals surface area contributed by atoms with Crippen LogP contribution in [0.15, 0.2) is 0 Å². The van der Waals surface area contributed by atoms with Gasteiger partial charge in [-0.15, -0.1) is 0 Å². The van der Waals surface area contributed by atoms with Gasteiger partial charge in [0.25, 0.3) is 0 Å². The van der Waals surface area contributed by atoms with Gasteiger partial charge in [-0.3, -0.25) is 14.4 Å². The predicted octanol–water partition coefficient (Wildman–Crippen LogP) is 1.39. The third kappa shape index (κ3) is 3.23. The van der Waals surface area contributed by atoms with Gasteiger partial charge in [0.05, 0.1) is 30.8 Å². The molecule has 0 aromatic carbocycles. The van der Waals surface area contributed by atoms with Gasteiger partial charge in [0.15, 0.2) is 0 Å². The molecule has 0 aliphatic carbocycles. The van der Waals surface area contributed by atoms with Crippen LogP contribution in [0.25, 0.3) is 0 Å². The molecule has 3 saturated heterocycles. The number of nitrogens with zero attached hydrogens (tertiary/aromatic N) is 1. The van der Waals surface area contributed by atoms with E-state index in [4.69, 9.17) is 9.47 Å². The van der Waals surface area contributed by atoms with Crippen molar-refractivity contribution >= 4 is 17.8 Å². The molecule has 3 rings (SSSR count). The molecular formula is C22H36N2O6. The second-order valence-corrected chi connectivity index (χ2v) is 9.81. The summed E-state index contributed by atoms with van der Waals surface area (Å²) in [4.78, 5) is 41.7. The molecule has 3 heterocycles. The van der Waals surface area contributed by atoms with E-state index in [2.05, 4.69) is 5.32 Å². The first-order valence-corrected chi connectivity index (χ1v) is 11.1. The van der Waals surface area contributed by atoms with Crippen molar-refractivity contribution in [2.24, 2.45) is 11.8 Å². The van der Waals surface area contributed by atoms with Gasteiger partial charge in [0.2, 0.25) is 11.8 Å². The second kappa shape index (κ2) is 7.79. The van der Waals surface area contributed by atoms with E-state index in [-0.39, 0.29) is 25.0 Å². The van der Waals surface area contributed by atoms with E-state index in [0.717, 1.165) is 0 Å². The molecule has 3 aliphatic rings. The minimum Gasteiger partial charge on any atom is -0.466 e. The lowest BCUT2D eigenvalue weighted by Gasteiger charge is -2.38. The van der Waals surface area contributed by atoms with E-state index in [1.165, 1.54) is 4.90 Å². The van der Waals surface area contributed by atoms with Crippen molar-refractivity contribution in [1.29, 1.82) is 0 Å². The summed E-state index contributed by atoms with van der Waals surface area (Å²) in [5.41, 5.74) is -2.37. The van der Waals surface area contributed by atoms with Gasteiger partial charge < -0.3 is 24.8 Å². The van der Waals surface area contributed by atoms with Crippen LogP contribution in [0.4, 0.5) is 0 Å². The van der Waals surface area contributed by atoms with Gasteiger partial charge in [0, 0.05) is 5.54 Å². The lowest BCUT2D eigenvalue weighted by Crippen LogP contribution is -2.60. The molecule has 0 aromatic rings. The number of rotatable bonds is 7. The van der Waals surface area contributed by atoms with E-state index in [0.29, 0.717) is 25.7 Å². The number of likely N-dealkylation sites (tertiary alicyclic amines) is 1. The SMILES string of the molecule is CCOC(=O)[C@@H]1[C@H]2C(=O)N([C@@H](CC)CO)C(C(=O)NC(C)(C)C)C23CC[C@@]1(CC)O3. The molecule has 8 nitrogen and oxygen atoms in total. The van der Waals surface area contributed by atoms with Crippen molar-refractivity contribution in [3.05, 3.63) is 0 Å². The van der Waals surface area contributed by atoms with Gasteiger partial charge in [-0.05, 0) is 53.4 Å². The van der Waals surface area contributed by atoms with E-state index in [1.807, 2.05) is 34.6 Å². The highest BCUT2D eigenvalue weighted by molar-refractivity contribution is 5.98. The Labute approximate surface area is 178 Å². The first-order chi connectivity index (χ1) is 14.0. The normalized spacial score (nSPS) is 36.0. The number of ether oxygens (including phenoxy) is 2. The highest BCUT2D eigenvalue weighted by Gasteiger charge is 2.79. The molecule has 0 aromatic heterocycles. The van der Waals surface area contributed by atoms with Crippen LogP contribution in [-0.4, -0.2) is 69.8 Å². The third-order valence-corrected chi connectivity index (χ3v) is 6.98. The Morgan fingerprint density at radius 3 is 2.47 bits per heavy atom. The third-order valence-electron chi connectivity index (χ3n) is 6.98. The van der Waals surface area contributed by atoms with Gasteiger partial charge in [-0.25, -0.2) is 0 Å². The van der Waals surface area contributed by atoms with Gasteiger partial charge in [0.1, 0.15) is 17.6 Å². The average Bonchev–Trinajstić information content (AvgIpc) is 3.26. The molecule has 2 amide bonds. The fraction of sp³-hybridized carbons (Fsp3) is 0.864. The minimum absolute atomic E-state index is 0.217. The van der Waals surface area contributed by atoms with Crippen LogP contribution in [0, 0.1) is 11.8 Å². The number of esters is 1. The summed E-state index contributed by atoms with van der Waals surface area (Å²) in [6.07, 6.45) is 2.17. The number of carbonyl (C=O) groups is 3. The van der Waals surface area contributed by atoms with E-state index in [1.54, 1.807) is 6.92 Å². The van der Waals surface area contributed by atoms with Crippen LogP contribution in [-0.2, 0) is 23.9 Å². The average molecular weight is 425 g/mol. The first-order valence-electron chi connectivity index (χ1n) is 11.1. The number of hydrogen-bond donors (Lipinski definition) is 2. The fourth-order valence-electron chi connectivity index (χ4n) is 5.79. The zero-order valence-corrected chi connectivity index (χ0v) is 19.0. The molecular weight excluding hydrogens is 388 g/mol. The standard InChI is InChI=1S/C22H36N2O6/c1-7-13(12-25)24-16(17(26)23-20(4,5)6)22-11-10-21(8-2,30-22)15(14(22)18(24)27)19(28)29-9-3/h13-16,25H,7-12H2,1-6H3,(H,23,26)/t13-,14-,15-,16?,21+,22?/m0/s1. The molecule has 30 heavy (non-hydrogen) atoms. The van der Waals surface area contributed by atoms with Crippen molar-refractivity contribution < 1.29 is 29.0 Å². The summed E-state index contributed by atoms with van der Waals surface area (Å²) in [7, 11) is 0. The molecule has 2 bridgehead atoms. The quantitative estimate of drug-likeness (QED) is 0.599. The molecule has 0 saturated carbocycles. The Morgan fingerprint density at radius 1 is 1.30 bits per heavy atom. The van der Waals surface area contributed by atoms with Crippen LogP contribution in [0.2, 0.25) is 0 Å². The molecule has 6 atom stereocenters. The molecule has 170 valence electrons. The van der Waals surface area contributed by atoms with Crippen LogP contribution in [0.3, 0.4) is 0 Å². The topological polar surface area (TPSA) is 105 Å². The smallest absolute Gasteiger partial charge is 0.312 e. The highest BCUT2D eigenvalue weighted by atomic mass is 16.6. The van der Waals surface area contributed by atoms with E-state index < -0.39 is 46.6 Å². The molecule has 0 radical (unpaired) electrons. The van der Waals surface area contributed by atoms with Crippen LogP contribution in [0.1, 0.15) is 67.2 Å². The zero-order chi connectivity index (χ0) is 22.5. The monoisotopic (exact) mass is 424 g/mol. The van der Waals surface area contributed by atoms with Crippen LogP contribution >= 0.6 is 0 Å². The number of nitrogens with one attached hydrogen (secondary N) is 1. The number of amides is 2. The Kier molecular flexibility index (Phi) is 5.97. The van der Waals surface area contributed by atoms with Crippen LogP contribution in [0.5, 0.6) is 0 Å². The van der Waals surface area contributed by atoms with Crippen molar-refractivity contribution in [3.8, 4) is 0 Å². The molecule has 2 unspecified atom stereocenters. The van der Waals surface area contributed by atoms with Crippen molar-refractivity contribution in [2.45, 2.75) is 96.1 Å². The first kappa shape index (κ1) is 23.0. The zero-order valence-electron chi connectivity index (χ0n) is 19.0. The largest absolute Gasteiger partial charge is 0.466 e. The minimum atomic E-state index is -1.08. The summed E-state index contributed by atoms with van der Waals surface area (Å²) >= 11 is 0.